The Balaban J connectivity index is 1.67. The van der Waals surface area contributed by atoms with Crippen molar-refractivity contribution in [3.05, 3.63) is 53.3 Å². The molecule has 0 saturated heterocycles. The number of hydrogen-bond donors (Lipinski definition) is 0. The van der Waals surface area contributed by atoms with Crippen LogP contribution in [-0.2, 0) is 4.79 Å². The number of carbonyl (C=O) groups excluding carboxylic acids is 2. The second kappa shape index (κ2) is 7.99. The lowest BCUT2D eigenvalue weighted by atomic mass is 10.1. The number of allylic oxidation sites excluding steroid dienone is 1. The molecule has 150 valence electrons. The van der Waals surface area contributed by atoms with E-state index in [1.54, 1.807) is 42.5 Å². The number of rotatable bonds is 7. The van der Waals surface area contributed by atoms with Gasteiger partial charge in [0.1, 0.15) is 11.5 Å². The maximum absolute atomic E-state index is 12.8. The Morgan fingerprint density at radius 1 is 1.14 bits per heavy atom. The van der Waals surface area contributed by atoms with E-state index in [0.29, 0.717) is 47.3 Å². The molecule has 1 fully saturated rings. The van der Waals surface area contributed by atoms with Gasteiger partial charge >= 0.3 is 5.97 Å². The van der Waals surface area contributed by atoms with Gasteiger partial charge in [-0.1, -0.05) is 12.1 Å². The number of esters is 1. The van der Waals surface area contributed by atoms with Crippen LogP contribution < -0.4 is 18.9 Å². The van der Waals surface area contributed by atoms with Crippen LogP contribution in [0.25, 0.3) is 6.08 Å². The molecule has 0 spiro atoms. The number of hydrogen-bond acceptors (Lipinski definition) is 6. The summed E-state index contributed by atoms with van der Waals surface area (Å²) in [5.41, 5.74) is 1.02. The Kier molecular flexibility index (Phi) is 5.25. The van der Waals surface area contributed by atoms with Crippen LogP contribution in [0.2, 0.25) is 0 Å². The van der Waals surface area contributed by atoms with Gasteiger partial charge in [0.05, 0.1) is 24.7 Å². The number of para-hydroxylation sites is 1. The molecule has 0 amide bonds. The first-order valence-electron chi connectivity index (χ1n) is 9.79. The van der Waals surface area contributed by atoms with Crippen LogP contribution in [0.4, 0.5) is 0 Å². The molecular formula is C23H22O6. The molecule has 0 bridgehead atoms. The van der Waals surface area contributed by atoms with Gasteiger partial charge in [-0.15, -0.1) is 0 Å². The summed E-state index contributed by atoms with van der Waals surface area (Å²) < 4.78 is 22.5. The summed E-state index contributed by atoms with van der Waals surface area (Å²) >= 11 is 0. The molecule has 6 heteroatoms. The van der Waals surface area contributed by atoms with Crippen LogP contribution in [0.1, 0.15) is 42.6 Å². The van der Waals surface area contributed by atoms with Crippen molar-refractivity contribution in [3.8, 4) is 23.0 Å². The number of carbonyl (C=O) groups is 2. The molecule has 6 nitrogen and oxygen atoms in total. The summed E-state index contributed by atoms with van der Waals surface area (Å²) in [5.74, 6) is 1.44. The third-order valence-corrected chi connectivity index (χ3v) is 4.66. The van der Waals surface area contributed by atoms with Gasteiger partial charge in [-0.2, -0.15) is 0 Å². The van der Waals surface area contributed by atoms with Crippen LogP contribution in [0.3, 0.4) is 0 Å². The summed E-state index contributed by atoms with van der Waals surface area (Å²) in [6, 6.07) is 10.4. The van der Waals surface area contributed by atoms with E-state index in [0.717, 1.165) is 12.8 Å². The molecule has 0 N–H and O–H groups in total. The topological polar surface area (TPSA) is 71.1 Å². The molecule has 1 aliphatic heterocycles. The normalized spacial score (nSPS) is 16.3. The van der Waals surface area contributed by atoms with Crippen molar-refractivity contribution in [2.75, 3.05) is 13.2 Å². The third-order valence-electron chi connectivity index (χ3n) is 4.66. The predicted molar refractivity (Wildman–Crippen MR) is 107 cm³/mol. The lowest BCUT2D eigenvalue weighted by molar-refractivity contribution is -0.135. The van der Waals surface area contributed by atoms with Gasteiger partial charge in [0.15, 0.2) is 17.3 Å². The van der Waals surface area contributed by atoms with Crippen LogP contribution in [0.5, 0.6) is 23.0 Å². The van der Waals surface area contributed by atoms with Gasteiger partial charge in [-0.3, -0.25) is 9.59 Å². The molecule has 0 atom stereocenters. The minimum Gasteiger partial charge on any atom is -0.494 e. The molecular weight excluding hydrogens is 372 g/mol. The highest BCUT2D eigenvalue weighted by molar-refractivity contribution is 6.14. The largest absolute Gasteiger partial charge is 0.494 e. The summed E-state index contributed by atoms with van der Waals surface area (Å²) in [5, 5.41) is 0. The van der Waals surface area contributed by atoms with Gasteiger partial charge in [0, 0.05) is 11.6 Å². The highest BCUT2D eigenvalue weighted by Gasteiger charge is 2.33. The molecule has 2 aromatic rings. The monoisotopic (exact) mass is 394 g/mol. The van der Waals surface area contributed by atoms with E-state index in [9.17, 15) is 9.59 Å². The first kappa shape index (κ1) is 19.1. The van der Waals surface area contributed by atoms with Crippen molar-refractivity contribution >= 4 is 17.8 Å². The maximum Gasteiger partial charge on any atom is 0.314 e. The Bertz CT molecular complexity index is 987. The summed E-state index contributed by atoms with van der Waals surface area (Å²) in [4.78, 5) is 25.0. The van der Waals surface area contributed by atoms with Crippen molar-refractivity contribution in [2.45, 2.75) is 26.7 Å². The second-order valence-corrected chi connectivity index (χ2v) is 6.83. The lowest BCUT2D eigenvalue weighted by Gasteiger charge is -2.13. The van der Waals surface area contributed by atoms with E-state index in [4.69, 9.17) is 18.9 Å². The number of benzene rings is 2. The van der Waals surface area contributed by atoms with Crippen LogP contribution >= 0.6 is 0 Å². The molecule has 0 unspecified atom stereocenters. The van der Waals surface area contributed by atoms with Crippen molar-refractivity contribution in [1.82, 2.24) is 0 Å². The van der Waals surface area contributed by atoms with Crippen molar-refractivity contribution < 1.29 is 28.5 Å². The van der Waals surface area contributed by atoms with Crippen molar-refractivity contribution in [2.24, 2.45) is 5.92 Å². The standard InChI is InChI=1S/C23H22O6/c1-3-26-16-10-11-17-19(13-16)28-20(21(17)24)12-15-6-5-7-18(27-4-2)22(15)29-23(25)14-8-9-14/h5-7,10-14H,3-4,8-9H2,1-2H3/b20-12-. The predicted octanol–water partition coefficient (Wildman–Crippen LogP) is 4.42. The van der Waals surface area contributed by atoms with Crippen molar-refractivity contribution in [3.63, 3.8) is 0 Å². The maximum atomic E-state index is 12.8. The molecule has 2 aliphatic rings. The SMILES string of the molecule is CCOc1ccc2c(c1)O/C(=C\c1cccc(OCC)c1OC(=O)C1CC1)C2=O. The fraction of sp³-hybridized carbons (Fsp3) is 0.304. The number of ether oxygens (including phenoxy) is 4. The first-order valence-corrected chi connectivity index (χ1v) is 9.79. The smallest absolute Gasteiger partial charge is 0.314 e. The minimum absolute atomic E-state index is 0.0595. The minimum atomic E-state index is -0.278. The zero-order chi connectivity index (χ0) is 20.4. The van der Waals surface area contributed by atoms with Gasteiger partial charge in [-0.25, -0.2) is 0 Å². The molecule has 0 radical (unpaired) electrons. The summed E-state index contributed by atoms with van der Waals surface area (Å²) in [6.45, 7) is 4.69. The van der Waals surface area contributed by atoms with E-state index in [2.05, 4.69) is 0 Å². The number of Topliss-reactive ketones (excluding diaryl/α,β-unsaturated/α-hetero) is 1. The average Bonchev–Trinajstić information content (AvgIpc) is 3.51. The van der Waals surface area contributed by atoms with E-state index >= 15 is 0 Å². The lowest BCUT2D eigenvalue weighted by Crippen LogP contribution is -2.12. The zero-order valence-corrected chi connectivity index (χ0v) is 16.4. The van der Waals surface area contributed by atoms with E-state index in [1.807, 2.05) is 13.8 Å². The van der Waals surface area contributed by atoms with Crippen LogP contribution in [-0.4, -0.2) is 25.0 Å². The van der Waals surface area contributed by atoms with E-state index < -0.39 is 0 Å². The molecule has 2 aromatic carbocycles. The highest BCUT2D eigenvalue weighted by atomic mass is 16.6. The van der Waals surface area contributed by atoms with Gasteiger partial charge in [0.2, 0.25) is 5.78 Å². The molecule has 4 rings (SSSR count). The fourth-order valence-electron chi connectivity index (χ4n) is 3.09. The number of ketones is 1. The van der Waals surface area contributed by atoms with Gasteiger partial charge in [-0.05, 0) is 51.0 Å². The Morgan fingerprint density at radius 3 is 2.66 bits per heavy atom. The molecule has 29 heavy (non-hydrogen) atoms. The van der Waals surface area contributed by atoms with Crippen molar-refractivity contribution in [1.29, 1.82) is 0 Å². The molecule has 1 aliphatic carbocycles. The third kappa shape index (κ3) is 3.97. The second-order valence-electron chi connectivity index (χ2n) is 6.83. The molecule has 0 aromatic heterocycles. The van der Waals surface area contributed by atoms with Gasteiger partial charge in [0.25, 0.3) is 0 Å². The number of fused-ring (bicyclic) bond motifs is 1. The molecule has 1 heterocycles. The zero-order valence-electron chi connectivity index (χ0n) is 16.4. The quantitative estimate of drug-likeness (QED) is 0.393. The van der Waals surface area contributed by atoms with E-state index in [1.165, 1.54) is 0 Å². The summed E-state index contributed by atoms with van der Waals surface area (Å²) in [7, 11) is 0. The Hall–Kier alpha value is -3.28. The van der Waals surface area contributed by atoms with Crippen LogP contribution in [0, 0.1) is 5.92 Å². The molecule has 1 saturated carbocycles. The average molecular weight is 394 g/mol. The fourth-order valence-corrected chi connectivity index (χ4v) is 3.09. The highest BCUT2D eigenvalue weighted by Crippen LogP contribution is 2.39. The summed E-state index contributed by atoms with van der Waals surface area (Å²) in [6.07, 6.45) is 3.26. The van der Waals surface area contributed by atoms with Gasteiger partial charge < -0.3 is 18.9 Å². The Labute approximate surface area is 169 Å². The Morgan fingerprint density at radius 2 is 1.93 bits per heavy atom. The van der Waals surface area contributed by atoms with E-state index in [-0.39, 0.29) is 23.4 Å². The van der Waals surface area contributed by atoms with Crippen LogP contribution in [0.15, 0.2) is 42.2 Å². The first-order chi connectivity index (χ1) is 14.1.